The molecule has 0 atom stereocenters. The number of hydrogen-bond acceptors (Lipinski definition) is 7. The van der Waals surface area contributed by atoms with E-state index in [1.165, 1.54) is 6.33 Å². The van der Waals surface area contributed by atoms with Crippen molar-refractivity contribution in [3.8, 4) is 0 Å². The second-order valence-electron chi connectivity index (χ2n) is 5.25. The van der Waals surface area contributed by atoms with Crippen molar-refractivity contribution in [2.24, 2.45) is 0 Å². The highest BCUT2D eigenvalue weighted by molar-refractivity contribution is 14.1. The molecule has 0 aliphatic rings. The molecule has 0 saturated heterocycles. The van der Waals surface area contributed by atoms with Crippen LogP contribution < -0.4 is 16.2 Å². The summed E-state index contributed by atoms with van der Waals surface area (Å²) in [6.45, 7) is 0. The van der Waals surface area contributed by atoms with Gasteiger partial charge in [0, 0.05) is 14.8 Å². The Morgan fingerprint density at radius 1 is 1.00 bits per heavy atom. The van der Waals surface area contributed by atoms with Crippen molar-refractivity contribution in [2.45, 2.75) is 0 Å². The molecule has 0 aliphatic carbocycles. The van der Waals surface area contributed by atoms with Gasteiger partial charge in [-0.2, -0.15) is 0 Å². The van der Waals surface area contributed by atoms with Gasteiger partial charge in [-0.1, -0.05) is 18.2 Å². The molecular weight excluding hydrogens is 463 g/mol. The number of nitrogens with zero attached hydrogens (tertiary/aromatic N) is 3. The van der Waals surface area contributed by atoms with Crippen molar-refractivity contribution < 1.29 is 9.72 Å². The normalized spacial score (nSPS) is 10.1. The number of amides is 1. The molecule has 0 aliphatic heterocycles. The number of nitrogens with one attached hydrogen (secondary N) is 3. The van der Waals surface area contributed by atoms with Gasteiger partial charge >= 0.3 is 5.69 Å². The number of rotatable bonds is 6. The first kappa shape index (κ1) is 18.5. The van der Waals surface area contributed by atoms with E-state index in [4.69, 9.17) is 0 Å². The van der Waals surface area contributed by atoms with E-state index in [1.807, 2.05) is 12.1 Å². The number of anilines is 3. The zero-order valence-electron chi connectivity index (χ0n) is 13.7. The minimum Gasteiger partial charge on any atom is -0.334 e. The molecule has 0 saturated carbocycles. The molecular formula is C17H13IN6O3. The van der Waals surface area contributed by atoms with Gasteiger partial charge < -0.3 is 5.32 Å². The van der Waals surface area contributed by atoms with E-state index in [1.54, 1.807) is 42.5 Å². The Kier molecular flexibility index (Phi) is 5.76. The second-order valence-corrected chi connectivity index (χ2v) is 6.50. The fourth-order valence-electron chi connectivity index (χ4n) is 2.18. The first-order chi connectivity index (χ1) is 13.0. The first-order valence-electron chi connectivity index (χ1n) is 7.68. The molecule has 0 unspecified atom stereocenters. The maximum Gasteiger partial charge on any atom is 0.355 e. The molecule has 3 aromatic rings. The SMILES string of the molecule is O=C(NNc1ncnc(Nc2ccc(I)cc2)c1[N+](=O)[O-])c1ccccc1. The molecule has 9 nitrogen and oxygen atoms in total. The number of hydrogen-bond donors (Lipinski definition) is 3. The summed E-state index contributed by atoms with van der Waals surface area (Å²) in [7, 11) is 0. The predicted octanol–water partition coefficient (Wildman–Crippen LogP) is 3.49. The van der Waals surface area contributed by atoms with Crippen molar-refractivity contribution in [3.63, 3.8) is 0 Å². The van der Waals surface area contributed by atoms with Crippen LogP contribution in [0.2, 0.25) is 0 Å². The molecule has 1 aromatic heterocycles. The van der Waals surface area contributed by atoms with Gasteiger partial charge in [-0.05, 0) is 59.0 Å². The summed E-state index contributed by atoms with van der Waals surface area (Å²) < 4.78 is 1.03. The fourth-order valence-corrected chi connectivity index (χ4v) is 2.54. The topological polar surface area (TPSA) is 122 Å². The van der Waals surface area contributed by atoms with Crippen molar-refractivity contribution in [2.75, 3.05) is 10.7 Å². The van der Waals surface area contributed by atoms with E-state index < -0.39 is 10.8 Å². The summed E-state index contributed by atoms with van der Waals surface area (Å²) in [6.07, 6.45) is 1.17. The van der Waals surface area contributed by atoms with E-state index in [9.17, 15) is 14.9 Å². The van der Waals surface area contributed by atoms with Crippen LogP contribution in [0.25, 0.3) is 0 Å². The first-order valence-corrected chi connectivity index (χ1v) is 8.76. The van der Waals surface area contributed by atoms with Crippen LogP contribution in [-0.4, -0.2) is 20.8 Å². The average molecular weight is 476 g/mol. The molecule has 136 valence electrons. The minimum absolute atomic E-state index is 0.00710. The molecule has 0 radical (unpaired) electrons. The molecule has 0 spiro atoms. The number of nitro groups is 1. The van der Waals surface area contributed by atoms with E-state index in [-0.39, 0.29) is 17.3 Å². The number of benzene rings is 2. The molecule has 1 amide bonds. The van der Waals surface area contributed by atoms with Crippen molar-refractivity contribution in [1.82, 2.24) is 15.4 Å². The molecule has 3 rings (SSSR count). The van der Waals surface area contributed by atoms with Gasteiger partial charge in [-0.15, -0.1) is 0 Å². The number of aromatic nitrogens is 2. The van der Waals surface area contributed by atoms with E-state index >= 15 is 0 Å². The van der Waals surface area contributed by atoms with Crippen LogP contribution in [0, 0.1) is 13.7 Å². The van der Waals surface area contributed by atoms with Crippen molar-refractivity contribution in [1.29, 1.82) is 0 Å². The van der Waals surface area contributed by atoms with E-state index in [0.29, 0.717) is 11.3 Å². The Balaban J connectivity index is 1.82. The Hall–Kier alpha value is -3.28. The van der Waals surface area contributed by atoms with Crippen LogP contribution >= 0.6 is 22.6 Å². The molecule has 27 heavy (non-hydrogen) atoms. The Bertz CT molecular complexity index is 966. The maximum absolute atomic E-state index is 12.1. The predicted molar refractivity (Wildman–Crippen MR) is 109 cm³/mol. The lowest BCUT2D eigenvalue weighted by molar-refractivity contribution is -0.383. The molecule has 2 aromatic carbocycles. The Morgan fingerprint density at radius 3 is 2.33 bits per heavy atom. The summed E-state index contributed by atoms with van der Waals surface area (Å²) in [5.41, 5.74) is 5.54. The number of carbonyl (C=O) groups is 1. The van der Waals surface area contributed by atoms with Gasteiger partial charge in [0.1, 0.15) is 6.33 Å². The van der Waals surface area contributed by atoms with Gasteiger partial charge in [0.05, 0.1) is 4.92 Å². The number of hydrazine groups is 1. The largest absolute Gasteiger partial charge is 0.355 e. The average Bonchev–Trinajstić information content (AvgIpc) is 2.68. The third kappa shape index (κ3) is 4.67. The Labute approximate surface area is 167 Å². The Morgan fingerprint density at radius 2 is 1.67 bits per heavy atom. The monoisotopic (exact) mass is 476 g/mol. The van der Waals surface area contributed by atoms with Crippen LogP contribution in [0.1, 0.15) is 10.4 Å². The summed E-state index contributed by atoms with van der Waals surface area (Å²) in [6, 6.07) is 15.7. The highest BCUT2D eigenvalue weighted by atomic mass is 127. The van der Waals surface area contributed by atoms with Gasteiger partial charge in [-0.25, -0.2) is 9.97 Å². The molecule has 0 bridgehead atoms. The van der Waals surface area contributed by atoms with Gasteiger partial charge in [0.25, 0.3) is 5.91 Å². The fraction of sp³-hybridized carbons (Fsp3) is 0. The standard InChI is InChI=1S/C17H13IN6O3/c18-12-6-8-13(9-7-12)21-15-14(24(26)27)16(20-10-19-15)22-23-17(25)11-4-2-1-3-5-11/h1-10H,(H,23,25)(H2,19,20,21,22). The summed E-state index contributed by atoms with van der Waals surface area (Å²) >= 11 is 2.16. The maximum atomic E-state index is 12.1. The van der Waals surface area contributed by atoms with Crippen LogP contribution in [0.5, 0.6) is 0 Å². The lowest BCUT2D eigenvalue weighted by Gasteiger charge is -2.11. The molecule has 3 N–H and O–H groups in total. The number of carbonyl (C=O) groups excluding carboxylic acids is 1. The van der Waals surface area contributed by atoms with Crippen LogP contribution in [-0.2, 0) is 0 Å². The lowest BCUT2D eigenvalue weighted by Crippen LogP contribution is -2.30. The molecule has 0 fully saturated rings. The van der Waals surface area contributed by atoms with Gasteiger partial charge in [-0.3, -0.25) is 25.8 Å². The summed E-state index contributed by atoms with van der Waals surface area (Å²) in [5.74, 6) is -0.574. The number of halogens is 1. The van der Waals surface area contributed by atoms with Crippen molar-refractivity contribution >= 4 is 51.5 Å². The highest BCUT2D eigenvalue weighted by Gasteiger charge is 2.23. The van der Waals surface area contributed by atoms with Gasteiger partial charge in [0.15, 0.2) is 0 Å². The zero-order valence-corrected chi connectivity index (χ0v) is 15.9. The second kappa shape index (κ2) is 8.40. The smallest absolute Gasteiger partial charge is 0.334 e. The van der Waals surface area contributed by atoms with E-state index in [2.05, 4.69) is 48.7 Å². The molecule has 1 heterocycles. The quantitative estimate of drug-likeness (QED) is 0.283. The van der Waals surface area contributed by atoms with E-state index in [0.717, 1.165) is 3.57 Å². The van der Waals surface area contributed by atoms with Gasteiger partial charge in [0.2, 0.25) is 11.6 Å². The highest BCUT2D eigenvalue weighted by Crippen LogP contribution is 2.30. The third-order valence-corrected chi connectivity index (χ3v) is 4.16. The zero-order chi connectivity index (χ0) is 19.2. The van der Waals surface area contributed by atoms with Crippen LogP contribution in [0.3, 0.4) is 0 Å². The summed E-state index contributed by atoms with van der Waals surface area (Å²) in [5, 5.41) is 14.4. The van der Waals surface area contributed by atoms with Crippen LogP contribution in [0.15, 0.2) is 60.9 Å². The summed E-state index contributed by atoms with van der Waals surface area (Å²) in [4.78, 5) is 30.8. The lowest BCUT2D eigenvalue weighted by atomic mass is 10.2. The van der Waals surface area contributed by atoms with Crippen LogP contribution in [0.4, 0.5) is 23.0 Å². The van der Waals surface area contributed by atoms with Crippen molar-refractivity contribution in [3.05, 3.63) is 80.2 Å². The minimum atomic E-state index is -0.619. The third-order valence-electron chi connectivity index (χ3n) is 3.44. The molecule has 10 heteroatoms.